The number of imidazole rings is 1. The van der Waals surface area contributed by atoms with E-state index in [2.05, 4.69) is 10.3 Å². The van der Waals surface area contributed by atoms with Gasteiger partial charge >= 0.3 is 0 Å². The molecule has 5 nitrogen and oxygen atoms in total. The van der Waals surface area contributed by atoms with Gasteiger partial charge in [0.05, 0.1) is 12.0 Å². The lowest BCUT2D eigenvalue weighted by Crippen LogP contribution is -2.28. The molecule has 1 aromatic heterocycles. The molecule has 5 heteroatoms. The van der Waals surface area contributed by atoms with E-state index in [0.29, 0.717) is 19.1 Å². The number of nitrogens with zero attached hydrogens (tertiary/aromatic N) is 2. The zero-order valence-electron chi connectivity index (χ0n) is 7.94. The van der Waals surface area contributed by atoms with Crippen LogP contribution in [0, 0.1) is 0 Å². The molecule has 0 aromatic carbocycles. The van der Waals surface area contributed by atoms with Crippen LogP contribution in [0.15, 0.2) is 12.5 Å². The third-order valence-corrected chi connectivity index (χ3v) is 2.16. The van der Waals surface area contributed by atoms with Crippen molar-refractivity contribution in [3.63, 3.8) is 0 Å². The van der Waals surface area contributed by atoms with Crippen LogP contribution < -0.4 is 11.1 Å². The lowest BCUT2D eigenvalue weighted by molar-refractivity contribution is -0.121. The maximum Gasteiger partial charge on any atom is 0.240 e. The molecular formula is C9H14N4O. The molecule has 0 spiro atoms. The summed E-state index contributed by atoms with van der Waals surface area (Å²) in [7, 11) is 0. The average molecular weight is 194 g/mol. The Balaban J connectivity index is 1.85. The highest BCUT2D eigenvalue weighted by Crippen LogP contribution is 2.18. The van der Waals surface area contributed by atoms with Crippen LogP contribution in [0.1, 0.15) is 18.5 Å². The SMILES string of the molecule is NCc1cn(CC(=O)NC2CC2)cn1. The summed E-state index contributed by atoms with van der Waals surface area (Å²) in [4.78, 5) is 15.4. The first-order chi connectivity index (χ1) is 6.78. The standard InChI is InChI=1S/C9H14N4O/c10-3-8-4-13(6-11-8)5-9(14)12-7-1-2-7/h4,6-7H,1-3,5,10H2,(H,12,14). The molecule has 0 atom stereocenters. The average Bonchev–Trinajstić information content (AvgIpc) is 2.83. The summed E-state index contributed by atoms with van der Waals surface area (Å²) in [5.74, 6) is 0.0495. The lowest BCUT2D eigenvalue weighted by Gasteiger charge is -2.02. The van der Waals surface area contributed by atoms with Gasteiger partial charge < -0.3 is 15.6 Å². The van der Waals surface area contributed by atoms with Gasteiger partial charge in [-0.05, 0) is 12.8 Å². The highest BCUT2D eigenvalue weighted by atomic mass is 16.2. The number of aromatic nitrogens is 2. The number of nitrogens with two attached hydrogens (primary N) is 1. The smallest absolute Gasteiger partial charge is 0.240 e. The third kappa shape index (κ3) is 2.32. The highest BCUT2D eigenvalue weighted by molar-refractivity contribution is 5.76. The van der Waals surface area contributed by atoms with E-state index in [1.54, 1.807) is 17.1 Å². The molecule has 1 aromatic rings. The summed E-state index contributed by atoms with van der Waals surface area (Å²) in [6, 6.07) is 0.417. The van der Waals surface area contributed by atoms with Crippen LogP contribution >= 0.6 is 0 Å². The summed E-state index contributed by atoms with van der Waals surface area (Å²) in [6.45, 7) is 0.751. The second-order valence-electron chi connectivity index (χ2n) is 3.58. The number of amides is 1. The molecule has 1 heterocycles. The maximum atomic E-state index is 11.4. The second kappa shape index (κ2) is 3.79. The van der Waals surface area contributed by atoms with E-state index in [1.807, 2.05) is 0 Å². The topological polar surface area (TPSA) is 72.9 Å². The minimum atomic E-state index is 0.0495. The first-order valence-electron chi connectivity index (χ1n) is 4.78. The highest BCUT2D eigenvalue weighted by Gasteiger charge is 2.22. The van der Waals surface area contributed by atoms with E-state index in [9.17, 15) is 4.79 Å². The summed E-state index contributed by atoms with van der Waals surface area (Å²) in [5.41, 5.74) is 6.22. The van der Waals surface area contributed by atoms with E-state index in [-0.39, 0.29) is 5.91 Å². The van der Waals surface area contributed by atoms with Crippen molar-refractivity contribution in [1.29, 1.82) is 0 Å². The van der Waals surface area contributed by atoms with Crippen LogP contribution in [-0.4, -0.2) is 21.5 Å². The molecule has 1 aliphatic rings. The molecular weight excluding hydrogens is 180 g/mol. The Kier molecular flexibility index (Phi) is 2.49. The molecule has 0 unspecified atom stereocenters. The van der Waals surface area contributed by atoms with Gasteiger partial charge in [-0.15, -0.1) is 0 Å². The number of carbonyl (C=O) groups is 1. The van der Waals surface area contributed by atoms with E-state index in [4.69, 9.17) is 5.73 Å². The van der Waals surface area contributed by atoms with Crippen molar-refractivity contribution in [2.75, 3.05) is 0 Å². The zero-order chi connectivity index (χ0) is 9.97. The van der Waals surface area contributed by atoms with E-state index in [0.717, 1.165) is 18.5 Å². The minimum absolute atomic E-state index is 0.0495. The van der Waals surface area contributed by atoms with Gasteiger partial charge in [0.2, 0.25) is 5.91 Å². The first kappa shape index (κ1) is 9.21. The summed E-state index contributed by atoms with van der Waals surface area (Å²) in [6.07, 6.45) is 5.66. The molecule has 0 saturated heterocycles. The molecule has 14 heavy (non-hydrogen) atoms. The van der Waals surface area contributed by atoms with Gasteiger partial charge in [-0.1, -0.05) is 0 Å². The molecule has 0 bridgehead atoms. The predicted molar refractivity (Wildman–Crippen MR) is 51.3 cm³/mol. The van der Waals surface area contributed by atoms with Crippen molar-refractivity contribution in [2.45, 2.75) is 32.0 Å². The summed E-state index contributed by atoms with van der Waals surface area (Å²) in [5, 5.41) is 2.91. The fraction of sp³-hybridized carbons (Fsp3) is 0.556. The lowest BCUT2D eigenvalue weighted by atomic mass is 10.5. The van der Waals surface area contributed by atoms with Gasteiger partial charge in [-0.2, -0.15) is 0 Å². The monoisotopic (exact) mass is 194 g/mol. The molecule has 1 fully saturated rings. The van der Waals surface area contributed by atoms with Gasteiger partial charge in [0.15, 0.2) is 0 Å². The van der Waals surface area contributed by atoms with Crippen LogP contribution in [0.4, 0.5) is 0 Å². The normalized spacial score (nSPS) is 15.5. The molecule has 2 rings (SSSR count). The summed E-state index contributed by atoms with van der Waals surface area (Å²) < 4.78 is 1.75. The Morgan fingerprint density at radius 1 is 1.71 bits per heavy atom. The van der Waals surface area contributed by atoms with Crippen molar-refractivity contribution < 1.29 is 4.79 Å². The van der Waals surface area contributed by atoms with Gasteiger partial charge in [0, 0.05) is 18.8 Å². The molecule has 0 radical (unpaired) electrons. The van der Waals surface area contributed by atoms with E-state index in [1.165, 1.54) is 0 Å². The molecule has 1 saturated carbocycles. The molecule has 1 amide bonds. The predicted octanol–water partition coefficient (Wildman–Crippen LogP) is -0.380. The molecule has 0 aliphatic heterocycles. The first-order valence-corrected chi connectivity index (χ1v) is 4.78. The van der Waals surface area contributed by atoms with Crippen molar-refractivity contribution in [2.24, 2.45) is 5.73 Å². The molecule has 3 N–H and O–H groups in total. The van der Waals surface area contributed by atoms with Gasteiger partial charge in [0.1, 0.15) is 6.54 Å². The van der Waals surface area contributed by atoms with Crippen LogP contribution in [0.3, 0.4) is 0 Å². The second-order valence-corrected chi connectivity index (χ2v) is 3.58. The van der Waals surface area contributed by atoms with Crippen molar-refractivity contribution in [1.82, 2.24) is 14.9 Å². The minimum Gasteiger partial charge on any atom is -0.352 e. The molecule has 1 aliphatic carbocycles. The van der Waals surface area contributed by atoms with Gasteiger partial charge in [-0.3, -0.25) is 4.79 Å². The summed E-state index contributed by atoms with van der Waals surface area (Å²) >= 11 is 0. The van der Waals surface area contributed by atoms with Crippen LogP contribution in [0.25, 0.3) is 0 Å². The fourth-order valence-corrected chi connectivity index (χ4v) is 1.27. The van der Waals surface area contributed by atoms with Crippen molar-refractivity contribution >= 4 is 5.91 Å². The van der Waals surface area contributed by atoms with Crippen molar-refractivity contribution in [3.8, 4) is 0 Å². The molecule has 76 valence electrons. The van der Waals surface area contributed by atoms with Gasteiger partial charge in [0.25, 0.3) is 0 Å². The number of hydrogen-bond acceptors (Lipinski definition) is 3. The Labute approximate surface area is 82.3 Å². The Morgan fingerprint density at radius 3 is 3.07 bits per heavy atom. The van der Waals surface area contributed by atoms with Crippen LogP contribution in [0.2, 0.25) is 0 Å². The maximum absolute atomic E-state index is 11.4. The van der Waals surface area contributed by atoms with Crippen LogP contribution in [0.5, 0.6) is 0 Å². The van der Waals surface area contributed by atoms with Crippen LogP contribution in [-0.2, 0) is 17.9 Å². The van der Waals surface area contributed by atoms with Crippen molar-refractivity contribution in [3.05, 3.63) is 18.2 Å². The number of hydrogen-bond donors (Lipinski definition) is 2. The number of nitrogens with one attached hydrogen (secondary N) is 1. The Bertz CT molecular complexity index is 329. The number of carbonyl (C=O) groups excluding carboxylic acids is 1. The zero-order valence-corrected chi connectivity index (χ0v) is 7.94. The largest absolute Gasteiger partial charge is 0.352 e. The van der Waals surface area contributed by atoms with E-state index < -0.39 is 0 Å². The quantitative estimate of drug-likeness (QED) is 0.686. The Morgan fingerprint density at radius 2 is 2.50 bits per heavy atom. The fourth-order valence-electron chi connectivity index (χ4n) is 1.27. The number of rotatable bonds is 4. The van der Waals surface area contributed by atoms with Gasteiger partial charge in [-0.25, -0.2) is 4.98 Å². The Hall–Kier alpha value is -1.36. The van der Waals surface area contributed by atoms with E-state index >= 15 is 0 Å². The third-order valence-electron chi connectivity index (χ3n) is 2.16.